The van der Waals surface area contributed by atoms with Gasteiger partial charge in [0.25, 0.3) is 0 Å². The SMILES string of the molecule is Cc1noc(C)c1CN1CCN(C(=O)CC2CCCC2)CC1. The molecule has 0 spiro atoms. The summed E-state index contributed by atoms with van der Waals surface area (Å²) in [5, 5.41) is 4.02. The molecule has 0 bridgehead atoms. The summed E-state index contributed by atoms with van der Waals surface area (Å²) >= 11 is 0. The molecule has 3 rings (SSSR count). The maximum Gasteiger partial charge on any atom is 0.222 e. The largest absolute Gasteiger partial charge is 0.361 e. The number of carbonyl (C=O) groups excluding carboxylic acids is 1. The monoisotopic (exact) mass is 305 g/mol. The Labute approximate surface area is 132 Å². The van der Waals surface area contributed by atoms with Crippen LogP contribution >= 0.6 is 0 Å². The number of piperazine rings is 1. The molecule has 5 heteroatoms. The van der Waals surface area contributed by atoms with E-state index in [0.29, 0.717) is 11.8 Å². The number of aryl methyl sites for hydroxylation is 2. The summed E-state index contributed by atoms with van der Waals surface area (Å²) in [4.78, 5) is 16.8. The van der Waals surface area contributed by atoms with Crippen molar-refractivity contribution in [3.05, 3.63) is 17.0 Å². The lowest BCUT2D eigenvalue weighted by molar-refractivity contribution is -0.134. The van der Waals surface area contributed by atoms with Gasteiger partial charge in [-0.15, -0.1) is 0 Å². The highest BCUT2D eigenvalue weighted by Crippen LogP contribution is 2.28. The zero-order valence-corrected chi connectivity index (χ0v) is 13.8. The maximum atomic E-state index is 12.4. The van der Waals surface area contributed by atoms with Crippen molar-refractivity contribution in [2.45, 2.75) is 52.5 Å². The molecule has 122 valence electrons. The van der Waals surface area contributed by atoms with Gasteiger partial charge in [-0.05, 0) is 32.6 Å². The van der Waals surface area contributed by atoms with Crippen LogP contribution in [0.2, 0.25) is 0 Å². The Bertz CT molecular complexity index is 492. The second kappa shape index (κ2) is 6.82. The molecule has 22 heavy (non-hydrogen) atoms. The average Bonchev–Trinajstić information content (AvgIpc) is 3.13. The minimum absolute atomic E-state index is 0.365. The molecule has 1 saturated carbocycles. The van der Waals surface area contributed by atoms with Gasteiger partial charge in [0, 0.05) is 44.7 Å². The Kier molecular flexibility index (Phi) is 4.81. The first-order chi connectivity index (χ1) is 10.6. The lowest BCUT2D eigenvalue weighted by Gasteiger charge is -2.35. The molecular weight excluding hydrogens is 278 g/mol. The van der Waals surface area contributed by atoms with Crippen LogP contribution in [0.5, 0.6) is 0 Å². The van der Waals surface area contributed by atoms with Gasteiger partial charge in [0.05, 0.1) is 5.69 Å². The van der Waals surface area contributed by atoms with Crippen LogP contribution in [0.15, 0.2) is 4.52 Å². The molecule has 0 N–H and O–H groups in total. The standard InChI is InChI=1S/C17H27N3O2/c1-13-16(14(2)22-18-13)12-19-7-9-20(10-8-19)17(21)11-15-5-3-4-6-15/h15H,3-12H2,1-2H3. The molecule has 1 saturated heterocycles. The molecular formula is C17H27N3O2. The normalized spacial score (nSPS) is 20.7. The fourth-order valence-electron chi connectivity index (χ4n) is 3.70. The molecule has 0 aromatic carbocycles. The molecule has 0 radical (unpaired) electrons. The van der Waals surface area contributed by atoms with Crippen molar-refractivity contribution in [2.75, 3.05) is 26.2 Å². The number of aromatic nitrogens is 1. The van der Waals surface area contributed by atoms with Gasteiger partial charge in [0.1, 0.15) is 5.76 Å². The van der Waals surface area contributed by atoms with E-state index < -0.39 is 0 Å². The summed E-state index contributed by atoms with van der Waals surface area (Å²) in [6, 6.07) is 0. The topological polar surface area (TPSA) is 49.6 Å². The third-order valence-corrected chi connectivity index (χ3v) is 5.23. The van der Waals surface area contributed by atoms with Gasteiger partial charge in [-0.2, -0.15) is 0 Å². The van der Waals surface area contributed by atoms with E-state index in [4.69, 9.17) is 4.52 Å². The van der Waals surface area contributed by atoms with Gasteiger partial charge >= 0.3 is 0 Å². The summed E-state index contributed by atoms with van der Waals surface area (Å²) in [5.41, 5.74) is 2.18. The fourth-order valence-corrected chi connectivity index (χ4v) is 3.70. The fraction of sp³-hybridized carbons (Fsp3) is 0.765. The molecule has 1 aromatic rings. The highest BCUT2D eigenvalue weighted by atomic mass is 16.5. The zero-order valence-electron chi connectivity index (χ0n) is 13.8. The van der Waals surface area contributed by atoms with Crippen molar-refractivity contribution >= 4 is 5.91 Å². The highest BCUT2D eigenvalue weighted by molar-refractivity contribution is 5.76. The molecule has 1 aliphatic heterocycles. The van der Waals surface area contributed by atoms with Crippen LogP contribution in [0.4, 0.5) is 0 Å². The van der Waals surface area contributed by atoms with Crippen LogP contribution < -0.4 is 0 Å². The van der Waals surface area contributed by atoms with E-state index in [0.717, 1.165) is 50.6 Å². The molecule has 2 heterocycles. The van der Waals surface area contributed by atoms with Crippen LogP contribution in [0.25, 0.3) is 0 Å². The minimum atomic E-state index is 0.365. The molecule has 2 fully saturated rings. The van der Waals surface area contributed by atoms with Crippen LogP contribution in [0.3, 0.4) is 0 Å². The quantitative estimate of drug-likeness (QED) is 0.857. The van der Waals surface area contributed by atoms with E-state index in [1.165, 1.54) is 31.2 Å². The maximum absolute atomic E-state index is 12.4. The number of rotatable bonds is 4. The second-order valence-electron chi connectivity index (χ2n) is 6.81. The number of carbonyl (C=O) groups is 1. The number of amides is 1. The van der Waals surface area contributed by atoms with E-state index in [2.05, 4.69) is 15.0 Å². The minimum Gasteiger partial charge on any atom is -0.361 e. The molecule has 1 aliphatic carbocycles. The van der Waals surface area contributed by atoms with Crippen molar-refractivity contribution < 1.29 is 9.32 Å². The molecule has 1 aromatic heterocycles. The van der Waals surface area contributed by atoms with Gasteiger partial charge in [-0.25, -0.2) is 0 Å². The first-order valence-corrected chi connectivity index (χ1v) is 8.55. The predicted octanol–water partition coefficient (Wildman–Crippen LogP) is 2.52. The van der Waals surface area contributed by atoms with Crippen molar-refractivity contribution in [3.63, 3.8) is 0 Å². The Balaban J connectivity index is 1.46. The molecule has 0 atom stereocenters. The Morgan fingerprint density at radius 2 is 1.86 bits per heavy atom. The molecule has 1 amide bonds. The summed E-state index contributed by atoms with van der Waals surface area (Å²) in [5.74, 6) is 1.92. The molecule has 2 aliphatic rings. The second-order valence-corrected chi connectivity index (χ2v) is 6.81. The summed E-state index contributed by atoms with van der Waals surface area (Å²) in [6.45, 7) is 8.44. The van der Waals surface area contributed by atoms with Gasteiger partial charge < -0.3 is 9.42 Å². The van der Waals surface area contributed by atoms with E-state index in [-0.39, 0.29) is 0 Å². The van der Waals surface area contributed by atoms with Crippen molar-refractivity contribution in [1.82, 2.24) is 15.0 Å². The third kappa shape index (κ3) is 3.51. The molecule has 5 nitrogen and oxygen atoms in total. The van der Waals surface area contributed by atoms with Gasteiger partial charge in [-0.3, -0.25) is 9.69 Å². The van der Waals surface area contributed by atoms with Crippen molar-refractivity contribution in [1.29, 1.82) is 0 Å². The van der Waals surface area contributed by atoms with Gasteiger partial charge in [-0.1, -0.05) is 18.0 Å². The lowest BCUT2D eigenvalue weighted by atomic mass is 10.0. The van der Waals surface area contributed by atoms with Gasteiger partial charge in [0.15, 0.2) is 0 Å². The van der Waals surface area contributed by atoms with Crippen LogP contribution in [-0.4, -0.2) is 47.0 Å². The van der Waals surface area contributed by atoms with E-state index in [1.54, 1.807) is 0 Å². The van der Waals surface area contributed by atoms with E-state index in [1.807, 2.05) is 13.8 Å². The Morgan fingerprint density at radius 3 is 2.45 bits per heavy atom. The Morgan fingerprint density at radius 1 is 1.18 bits per heavy atom. The first-order valence-electron chi connectivity index (χ1n) is 8.55. The molecule has 0 unspecified atom stereocenters. The van der Waals surface area contributed by atoms with Crippen LogP contribution in [0.1, 0.15) is 49.1 Å². The summed E-state index contributed by atoms with van der Waals surface area (Å²) in [7, 11) is 0. The van der Waals surface area contributed by atoms with Crippen molar-refractivity contribution in [2.24, 2.45) is 5.92 Å². The average molecular weight is 305 g/mol. The number of nitrogens with zero attached hydrogens (tertiary/aromatic N) is 3. The third-order valence-electron chi connectivity index (χ3n) is 5.23. The Hall–Kier alpha value is -1.36. The van der Waals surface area contributed by atoms with E-state index >= 15 is 0 Å². The highest BCUT2D eigenvalue weighted by Gasteiger charge is 2.25. The first kappa shape index (κ1) is 15.5. The predicted molar refractivity (Wildman–Crippen MR) is 84.4 cm³/mol. The summed E-state index contributed by atoms with van der Waals surface area (Å²) < 4.78 is 5.23. The van der Waals surface area contributed by atoms with Crippen molar-refractivity contribution in [3.8, 4) is 0 Å². The number of hydrogen-bond acceptors (Lipinski definition) is 4. The summed E-state index contributed by atoms with van der Waals surface area (Å²) in [6.07, 6.45) is 5.88. The smallest absolute Gasteiger partial charge is 0.222 e. The lowest BCUT2D eigenvalue weighted by Crippen LogP contribution is -2.48. The van der Waals surface area contributed by atoms with Gasteiger partial charge in [0.2, 0.25) is 5.91 Å². The van der Waals surface area contributed by atoms with Crippen LogP contribution in [0, 0.1) is 19.8 Å². The van der Waals surface area contributed by atoms with E-state index in [9.17, 15) is 4.79 Å². The number of hydrogen-bond donors (Lipinski definition) is 0. The van der Waals surface area contributed by atoms with Crippen LogP contribution in [-0.2, 0) is 11.3 Å². The zero-order chi connectivity index (χ0) is 15.5.